The van der Waals surface area contributed by atoms with Gasteiger partial charge in [-0.15, -0.1) is 0 Å². The molecular formula is C7H8N4O2. The Morgan fingerprint density at radius 1 is 1.62 bits per heavy atom. The zero-order chi connectivity index (χ0) is 9.84. The van der Waals surface area contributed by atoms with Gasteiger partial charge in [-0.3, -0.25) is 0 Å². The Morgan fingerprint density at radius 2 is 2.31 bits per heavy atom. The highest BCUT2D eigenvalue weighted by molar-refractivity contribution is 6.18. The zero-order valence-electron chi connectivity index (χ0n) is 7.31. The van der Waals surface area contributed by atoms with Crippen LogP contribution in [0.1, 0.15) is 13.8 Å². The molecule has 6 nitrogen and oxygen atoms in total. The average molecular weight is 180 g/mol. The predicted molar refractivity (Wildman–Crippen MR) is 42.8 cm³/mol. The maximum Gasteiger partial charge on any atom is 0.442 e. The maximum absolute atomic E-state index is 11.2. The van der Waals surface area contributed by atoms with Gasteiger partial charge in [-0.1, -0.05) is 0 Å². The molecule has 0 atom stereocenters. The first-order valence-electron chi connectivity index (χ1n) is 3.72. The molecule has 0 radical (unpaired) electrons. The van der Waals surface area contributed by atoms with Crippen LogP contribution in [0.3, 0.4) is 0 Å². The molecule has 1 aliphatic heterocycles. The Hall–Kier alpha value is -1.81. The summed E-state index contributed by atoms with van der Waals surface area (Å²) in [4.78, 5) is 14.1. The summed E-state index contributed by atoms with van der Waals surface area (Å²) in [6.45, 7) is 3.54. The number of hydrogen-bond acceptors (Lipinski definition) is 3. The predicted octanol–water partition coefficient (Wildman–Crippen LogP) is 0.918. The first kappa shape index (κ1) is 9.28. The molecule has 1 heterocycles. The molecule has 0 bridgehead atoms. The van der Waals surface area contributed by atoms with Crippen molar-refractivity contribution in [1.82, 2.24) is 0 Å². The topological polar surface area (TPSA) is 87.4 Å². The third-order valence-electron chi connectivity index (χ3n) is 1.45. The molecule has 0 saturated carbocycles. The number of azo groups is 1. The molecule has 0 N–H and O–H groups in total. The fourth-order valence-corrected chi connectivity index (χ4v) is 0.896. The second-order valence-electron chi connectivity index (χ2n) is 2.30. The van der Waals surface area contributed by atoms with Crippen LogP contribution in [0.2, 0.25) is 0 Å². The molecule has 6 heteroatoms. The molecule has 0 amide bonds. The normalized spacial score (nSPS) is 14.8. The summed E-state index contributed by atoms with van der Waals surface area (Å²) in [5.41, 5.74) is 8.97. The van der Waals surface area contributed by atoms with E-state index in [1.165, 1.54) is 0 Å². The highest BCUT2D eigenvalue weighted by Gasteiger charge is 2.33. The van der Waals surface area contributed by atoms with Crippen LogP contribution < -0.4 is 0 Å². The van der Waals surface area contributed by atoms with Crippen molar-refractivity contribution in [2.24, 2.45) is 10.2 Å². The number of hydrogen-bond donors (Lipinski definition) is 0. The third kappa shape index (κ3) is 1.68. The van der Waals surface area contributed by atoms with Crippen molar-refractivity contribution in [3.63, 3.8) is 0 Å². The van der Waals surface area contributed by atoms with Gasteiger partial charge in [-0.2, -0.15) is 0 Å². The van der Waals surface area contributed by atoms with Gasteiger partial charge in [0.15, 0.2) is 5.57 Å². The number of nitrogens with zero attached hydrogens (tertiary/aromatic N) is 4. The summed E-state index contributed by atoms with van der Waals surface area (Å²) in [5.74, 6) is -0.672. The van der Waals surface area contributed by atoms with Crippen molar-refractivity contribution in [2.75, 3.05) is 6.61 Å². The molecule has 68 valence electrons. The quantitative estimate of drug-likeness (QED) is 0.359. The minimum absolute atomic E-state index is 0.101. The monoisotopic (exact) mass is 180 g/mol. The summed E-state index contributed by atoms with van der Waals surface area (Å²) < 4.78 is 4.72. The van der Waals surface area contributed by atoms with Gasteiger partial charge in [0.25, 0.3) is 0 Å². The standard InChI is InChI=1S/C7H8N4O2/c1-3-13-7(12)5-4(2)10-11-6(5)9-8/h3H2,1-2H3. The fourth-order valence-electron chi connectivity index (χ4n) is 0.896. The molecule has 0 aromatic carbocycles. The van der Waals surface area contributed by atoms with E-state index in [-0.39, 0.29) is 18.0 Å². The zero-order valence-corrected chi connectivity index (χ0v) is 7.31. The van der Waals surface area contributed by atoms with Gasteiger partial charge < -0.3 is 15.1 Å². The molecule has 0 unspecified atom stereocenters. The van der Waals surface area contributed by atoms with Gasteiger partial charge in [0.2, 0.25) is 0 Å². The van der Waals surface area contributed by atoms with E-state index in [0.29, 0.717) is 5.70 Å². The lowest BCUT2D eigenvalue weighted by atomic mass is 10.2. The van der Waals surface area contributed by atoms with E-state index in [1.54, 1.807) is 13.8 Å². The Bertz CT molecular complexity index is 350. The Balaban J connectivity index is 2.98. The molecular weight excluding hydrogens is 172 g/mol. The van der Waals surface area contributed by atoms with Gasteiger partial charge in [-0.25, -0.2) is 4.79 Å². The average Bonchev–Trinajstić information content (AvgIpc) is 2.47. The van der Waals surface area contributed by atoms with Gasteiger partial charge in [0, 0.05) is 0 Å². The molecule has 1 aliphatic rings. The molecule has 0 saturated heterocycles. The van der Waals surface area contributed by atoms with E-state index in [4.69, 9.17) is 10.3 Å². The van der Waals surface area contributed by atoms with Crippen molar-refractivity contribution in [3.8, 4) is 0 Å². The highest BCUT2D eigenvalue weighted by atomic mass is 16.5. The van der Waals surface area contributed by atoms with E-state index in [0.717, 1.165) is 0 Å². The van der Waals surface area contributed by atoms with Crippen LogP contribution in [0.15, 0.2) is 21.5 Å². The molecule has 1 rings (SSSR count). The number of esters is 1. The third-order valence-corrected chi connectivity index (χ3v) is 1.45. The number of ether oxygens (including phenoxy) is 1. The lowest BCUT2D eigenvalue weighted by Crippen LogP contribution is -2.14. The molecule has 0 aromatic rings. The van der Waals surface area contributed by atoms with Crippen LogP contribution in [0.5, 0.6) is 0 Å². The Kier molecular flexibility index (Phi) is 2.66. The van der Waals surface area contributed by atoms with E-state index < -0.39 is 5.97 Å². The summed E-state index contributed by atoms with van der Waals surface area (Å²) in [5, 5.41) is 7.06. The summed E-state index contributed by atoms with van der Waals surface area (Å²) >= 11 is 0. The number of carbonyl (C=O) groups excluding carboxylic acids is 1. The van der Waals surface area contributed by atoms with Crippen molar-refractivity contribution in [3.05, 3.63) is 16.8 Å². The summed E-state index contributed by atoms with van der Waals surface area (Å²) in [6, 6.07) is 0. The fraction of sp³-hybridized carbons (Fsp3) is 0.429. The van der Waals surface area contributed by atoms with Gasteiger partial charge in [0.1, 0.15) is 5.70 Å². The minimum atomic E-state index is -0.571. The second kappa shape index (κ2) is 3.73. The summed E-state index contributed by atoms with van der Waals surface area (Å²) in [7, 11) is 0. The van der Waals surface area contributed by atoms with Crippen molar-refractivity contribution >= 4 is 11.8 Å². The van der Waals surface area contributed by atoms with E-state index in [9.17, 15) is 4.79 Å². The first-order chi connectivity index (χ1) is 6.20. The van der Waals surface area contributed by atoms with Gasteiger partial charge in [0.05, 0.1) is 11.7 Å². The molecule has 13 heavy (non-hydrogen) atoms. The van der Waals surface area contributed by atoms with Crippen LogP contribution in [0, 0.1) is 0 Å². The number of carbonyl (C=O) groups is 1. The largest absolute Gasteiger partial charge is 0.497 e. The Labute approximate surface area is 74.5 Å². The number of rotatable bonds is 2. The number of allylic oxidation sites excluding steroid dienone is 1. The minimum Gasteiger partial charge on any atom is -0.497 e. The van der Waals surface area contributed by atoms with E-state index in [2.05, 4.69) is 15.0 Å². The SMILES string of the molecule is CCOC(=O)C1=C(C)N=NC1=[N+]=[N-]. The van der Waals surface area contributed by atoms with Crippen molar-refractivity contribution in [2.45, 2.75) is 13.8 Å². The van der Waals surface area contributed by atoms with Crippen LogP contribution >= 0.6 is 0 Å². The first-order valence-corrected chi connectivity index (χ1v) is 3.72. The van der Waals surface area contributed by atoms with Crippen LogP contribution in [-0.2, 0) is 9.53 Å². The van der Waals surface area contributed by atoms with Crippen molar-refractivity contribution < 1.29 is 14.3 Å². The lowest BCUT2D eigenvalue weighted by molar-refractivity contribution is -0.138. The highest BCUT2D eigenvalue weighted by Crippen LogP contribution is 2.16. The summed E-state index contributed by atoms with van der Waals surface area (Å²) in [6.07, 6.45) is 0. The Morgan fingerprint density at radius 3 is 2.85 bits per heavy atom. The van der Waals surface area contributed by atoms with Crippen molar-refractivity contribution in [1.29, 1.82) is 0 Å². The smallest absolute Gasteiger partial charge is 0.442 e. The van der Waals surface area contributed by atoms with E-state index in [1.807, 2.05) is 0 Å². The van der Waals surface area contributed by atoms with Gasteiger partial charge >= 0.3 is 11.8 Å². The molecule has 0 fully saturated rings. The van der Waals surface area contributed by atoms with Gasteiger partial charge in [-0.05, 0) is 19.0 Å². The molecule has 0 aliphatic carbocycles. The number of amidine groups is 1. The van der Waals surface area contributed by atoms with E-state index >= 15 is 0 Å². The molecule has 0 aromatic heterocycles. The van der Waals surface area contributed by atoms with Crippen LogP contribution in [0.25, 0.3) is 5.53 Å². The lowest BCUT2D eigenvalue weighted by Gasteiger charge is -1.97. The van der Waals surface area contributed by atoms with Crippen LogP contribution in [0.4, 0.5) is 0 Å². The maximum atomic E-state index is 11.2. The molecule has 0 spiro atoms. The second-order valence-corrected chi connectivity index (χ2v) is 2.30. The van der Waals surface area contributed by atoms with Crippen LogP contribution in [-0.4, -0.2) is 23.2 Å².